The zero-order valence-electron chi connectivity index (χ0n) is 9.13. The number of hydrogen-bond acceptors (Lipinski definition) is 2. The van der Waals surface area contributed by atoms with Gasteiger partial charge in [0.2, 0.25) is 6.54 Å². The molecule has 0 saturated carbocycles. The summed E-state index contributed by atoms with van der Waals surface area (Å²) in [6, 6.07) is 3.51. The van der Waals surface area contributed by atoms with Crippen molar-refractivity contribution in [1.29, 1.82) is 0 Å². The fraction of sp³-hybridized carbons (Fsp3) is 0.333. The van der Waals surface area contributed by atoms with Crippen LogP contribution in [0.2, 0.25) is 0 Å². The Morgan fingerprint density at radius 1 is 1.47 bits per heavy atom. The Balaban J connectivity index is 3.24. The molecule has 0 bridgehead atoms. The summed E-state index contributed by atoms with van der Waals surface area (Å²) in [7, 11) is 1.35. The first-order chi connectivity index (χ1) is 7.10. The number of esters is 1. The lowest BCUT2D eigenvalue weighted by Crippen LogP contribution is -2.04. The first kappa shape index (κ1) is 11.3. The molecule has 0 aliphatic heterocycles. The van der Waals surface area contributed by atoms with Gasteiger partial charge in [-0.15, -0.1) is 0 Å². The Bertz CT molecular complexity index is 430. The molecule has 0 spiro atoms. The van der Waals surface area contributed by atoms with Crippen LogP contribution < -0.4 is 0 Å². The van der Waals surface area contributed by atoms with E-state index in [2.05, 4.69) is 9.58 Å². The van der Waals surface area contributed by atoms with E-state index < -0.39 is 0 Å². The predicted octanol–water partition coefficient (Wildman–Crippen LogP) is 2.51. The molecule has 0 aromatic heterocycles. The molecule has 78 valence electrons. The maximum atomic E-state index is 11.3. The number of benzene rings is 1. The van der Waals surface area contributed by atoms with Crippen LogP contribution in [-0.2, 0) is 11.3 Å². The van der Waals surface area contributed by atoms with Gasteiger partial charge in [-0.2, -0.15) is 0 Å². The molecule has 3 heteroatoms. The van der Waals surface area contributed by atoms with Crippen LogP contribution in [0.15, 0.2) is 12.1 Å². The van der Waals surface area contributed by atoms with Gasteiger partial charge in [0.05, 0.1) is 12.7 Å². The molecular weight excluding hydrogens is 190 g/mol. The largest absolute Gasteiger partial charge is 0.465 e. The van der Waals surface area contributed by atoms with Gasteiger partial charge < -0.3 is 9.58 Å². The van der Waals surface area contributed by atoms with E-state index in [9.17, 15) is 4.79 Å². The van der Waals surface area contributed by atoms with E-state index in [1.807, 2.05) is 13.8 Å². The Morgan fingerprint density at radius 3 is 2.67 bits per heavy atom. The van der Waals surface area contributed by atoms with Crippen molar-refractivity contribution >= 4 is 5.97 Å². The number of aryl methyl sites for hydroxylation is 1. The van der Waals surface area contributed by atoms with Gasteiger partial charge >= 0.3 is 5.97 Å². The number of carbonyl (C=O) groups excluding carboxylic acids is 1. The Labute approximate surface area is 89.5 Å². The SMILES string of the molecule is [C-]#[N+]Cc1cc(C(=O)OC)cc(C)c1C. The highest BCUT2D eigenvalue weighted by atomic mass is 16.5. The van der Waals surface area contributed by atoms with E-state index in [1.54, 1.807) is 12.1 Å². The first-order valence-electron chi connectivity index (χ1n) is 4.61. The lowest BCUT2D eigenvalue weighted by molar-refractivity contribution is 0.0600. The van der Waals surface area contributed by atoms with Gasteiger partial charge in [-0.1, -0.05) is 0 Å². The van der Waals surface area contributed by atoms with Crippen LogP contribution in [0.25, 0.3) is 4.85 Å². The quantitative estimate of drug-likeness (QED) is 0.546. The molecule has 1 rings (SSSR count). The van der Waals surface area contributed by atoms with Crippen LogP contribution in [0.5, 0.6) is 0 Å². The molecule has 1 aromatic rings. The summed E-state index contributed by atoms with van der Waals surface area (Å²) in [4.78, 5) is 14.7. The average Bonchev–Trinajstić information content (AvgIpc) is 2.23. The molecule has 0 fully saturated rings. The highest BCUT2D eigenvalue weighted by molar-refractivity contribution is 5.90. The monoisotopic (exact) mass is 203 g/mol. The first-order valence-corrected chi connectivity index (χ1v) is 4.61. The van der Waals surface area contributed by atoms with Crippen LogP contribution in [0, 0.1) is 20.4 Å². The molecule has 0 N–H and O–H groups in total. The molecular formula is C12H13NO2. The van der Waals surface area contributed by atoms with Crippen molar-refractivity contribution in [1.82, 2.24) is 0 Å². The summed E-state index contributed by atoms with van der Waals surface area (Å²) in [6.45, 7) is 11.0. The number of carbonyl (C=O) groups is 1. The molecule has 0 heterocycles. The van der Waals surface area contributed by atoms with Crippen LogP contribution in [0.1, 0.15) is 27.0 Å². The minimum absolute atomic E-state index is 0.303. The summed E-state index contributed by atoms with van der Waals surface area (Å²) in [6.07, 6.45) is 0. The van der Waals surface area contributed by atoms with E-state index in [0.717, 1.165) is 16.7 Å². The van der Waals surface area contributed by atoms with Gasteiger partial charge in [0, 0.05) is 5.56 Å². The standard InChI is InChI=1S/C12H13NO2/c1-8-5-10(12(14)15-4)6-11(7-13-3)9(8)2/h5-6H,7H2,1-2,4H3. The molecule has 0 amide bonds. The van der Waals surface area contributed by atoms with Crippen molar-refractivity contribution in [3.05, 3.63) is 45.8 Å². The van der Waals surface area contributed by atoms with Crippen LogP contribution in [0.4, 0.5) is 0 Å². The Morgan fingerprint density at radius 2 is 2.13 bits per heavy atom. The minimum atomic E-state index is -0.357. The summed E-state index contributed by atoms with van der Waals surface area (Å²) < 4.78 is 4.65. The van der Waals surface area contributed by atoms with E-state index in [1.165, 1.54) is 7.11 Å². The topological polar surface area (TPSA) is 30.7 Å². The minimum Gasteiger partial charge on any atom is -0.465 e. The van der Waals surface area contributed by atoms with E-state index in [4.69, 9.17) is 6.57 Å². The van der Waals surface area contributed by atoms with Gasteiger partial charge in [-0.05, 0) is 37.1 Å². The second-order valence-electron chi connectivity index (χ2n) is 3.39. The fourth-order valence-corrected chi connectivity index (χ4v) is 1.42. The highest BCUT2D eigenvalue weighted by Gasteiger charge is 2.11. The van der Waals surface area contributed by atoms with Crippen LogP contribution in [-0.4, -0.2) is 13.1 Å². The normalized spacial score (nSPS) is 9.47. The summed E-state index contributed by atoms with van der Waals surface area (Å²) in [5.74, 6) is -0.357. The zero-order valence-corrected chi connectivity index (χ0v) is 9.13. The summed E-state index contributed by atoms with van der Waals surface area (Å²) >= 11 is 0. The number of rotatable bonds is 2. The van der Waals surface area contributed by atoms with Crippen molar-refractivity contribution in [3.8, 4) is 0 Å². The van der Waals surface area contributed by atoms with Gasteiger partial charge in [-0.25, -0.2) is 11.4 Å². The third-order valence-electron chi connectivity index (χ3n) is 2.45. The maximum absolute atomic E-state index is 11.3. The van der Waals surface area contributed by atoms with Crippen molar-refractivity contribution in [2.45, 2.75) is 20.4 Å². The molecule has 0 aliphatic rings. The molecule has 0 radical (unpaired) electrons. The molecule has 3 nitrogen and oxygen atoms in total. The van der Waals surface area contributed by atoms with E-state index >= 15 is 0 Å². The molecule has 0 saturated heterocycles. The number of methoxy groups -OCH3 is 1. The van der Waals surface area contributed by atoms with Crippen LogP contribution in [0.3, 0.4) is 0 Å². The molecule has 1 aromatic carbocycles. The fourth-order valence-electron chi connectivity index (χ4n) is 1.42. The third-order valence-corrected chi connectivity index (χ3v) is 2.45. The number of nitrogens with zero attached hydrogens (tertiary/aromatic N) is 1. The lowest BCUT2D eigenvalue weighted by atomic mass is 9.99. The van der Waals surface area contributed by atoms with Gasteiger partial charge in [0.25, 0.3) is 0 Å². The summed E-state index contributed by atoms with van der Waals surface area (Å²) in [5, 5.41) is 0. The smallest absolute Gasteiger partial charge is 0.337 e. The molecule has 0 atom stereocenters. The molecule has 0 aliphatic carbocycles. The van der Waals surface area contributed by atoms with Crippen molar-refractivity contribution in [3.63, 3.8) is 0 Å². The van der Waals surface area contributed by atoms with Gasteiger partial charge in [0.15, 0.2) is 0 Å². The average molecular weight is 203 g/mol. The maximum Gasteiger partial charge on any atom is 0.337 e. The Kier molecular flexibility index (Phi) is 3.46. The van der Waals surface area contributed by atoms with Gasteiger partial charge in [-0.3, -0.25) is 0 Å². The zero-order chi connectivity index (χ0) is 11.4. The van der Waals surface area contributed by atoms with Crippen molar-refractivity contribution in [2.75, 3.05) is 7.11 Å². The lowest BCUT2D eigenvalue weighted by Gasteiger charge is -2.07. The van der Waals surface area contributed by atoms with E-state index in [-0.39, 0.29) is 5.97 Å². The second kappa shape index (κ2) is 4.61. The van der Waals surface area contributed by atoms with E-state index in [0.29, 0.717) is 12.1 Å². The molecule has 0 unspecified atom stereocenters. The summed E-state index contributed by atoms with van der Waals surface area (Å²) in [5.41, 5.74) is 3.49. The van der Waals surface area contributed by atoms with Crippen molar-refractivity contribution < 1.29 is 9.53 Å². The third kappa shape index (κ3) is 2.35. The number of ether oxygens (including phenoxy) is 1. The van der Waals surface area contributed by atoms with Crippen LogP contribution >= 0.6 is 0 Å². The number of hydrogen-bond donors (Lipinski definition) is 0. The Hall–Kier alpha value is -1.82. The highest BCUT2D eigenvalue weighted by Crippen LogP contribution is 2.18. The van der Waals surface area contributed by atoms with Gasteiger partial charge in [0.1, 0.15) is 0 Å². The predicted molar refractivity (Wildman–Crippen MR) is 57.6 cm³/mol. The van der Waals surface area contributed by atoms with Crippen molar-refractivity contribution in [2.24, 2.45) is 0 Å². The second-order valence-corrected chi connectivity index (χ2v) is 3.39. The molecule has 15 heavy (non-hydrogen) atoms.